The maximum Gasteiger partial charge on any atom is 0.264 e. The number of fused-ring (bicyclic) bond motifs is 1. The van der Waals surface area contributed by atoms with Gasteiger partial charge in [-0.1, -0.05) is 29.8 Å². The van der Waals surface area contributed by atoms with Crippen LogP contribution in [0.15, 0.2) is 53.4 Å². The normalized spacial score (nSPS) is 17.3. The molecule has 8 heteroatoms. The molecule has 0 radical (unpaired) electrons. The van der Waals surface area contributed by atoms with Gasteiger partial charge in [-0.2, -0.15) is 0 Å². The molecule has 0 aliphatic carbocycles. The van der Waals surface area contributed by atoms with Gasteiger partial charge in [0.05, 0.1) is 17.1 Å². The zero-order valence-electron chi connectivity index (χ0n) is 11.8. The molecule has 0 saturated carbocycles. The van der Waals surface area contributed by atoms with Crippen molar-refractivity contribution in [2.45, 2.75) is 11.0 Å². The van der Waals surface area contributed by atoms with E-state index < -0.39 is 22.0 Å². The minimum Gasteiger partial charge on any atom is -0.476 e. The van der Waals surface area contributed by atoms with Crippen LogP contribution in [-0.4, -0.2) is 27.0 Å². The number of benzene rings is 2. The van der Waals surface area contributed by atoms with Crippen LogP contribution < -0.4 is 14.8 Å². The van der Waals surface area contributed by atoms with Gasteiger partial charge in [0.15, 0.2) is 6.10 Å². The van der Waals surface area contributed by atoms with Crippen LogP contribution in [0, 0.1) is 0 Å². The predicted molar refractivity (Wildman–Crippen MR) is 86.0 cm³/mol. The maximum atomic E-state index is 12.9. The number of anilines is 1. The molecule has 2 N–H and O–H groups in total. The number of ether oxygens (including phenoxy) is 1. The second-order valence-electron chi connectivity index (χ2n) is 4.97. The standard InChI is InChI=1S/C15H13ClN2O4S/c16-10-4-3-5-11(8-10)23(20,21)18-9-14(15(17)19)22-13-7-2-1-6-12(13)18/h1-8,14H,9H2,(H2,17,19)/t14-/m1/s1. The molecule has 0 saturated heterocycles. The lowest BCUT2D eigenvalue weighted by Gasteiger charge is -2.34. The number of halogens is 1. The van der Waals surface area contributed by atoms with E-state index in [1.807, 2.05) is 0 Å². The summed E-state index contributed by atoms with van der Waals surface area (Å²) in [4.78, 5) is 11.5. The van der Waals surface area contributed by atoms with E-state index in [2.05, 4.69) is 0 Å². The first-order valence-electron chi connectivity index (χ1n) is 6.73. The van der Waals surface area contributed by atoms with E-state index >= 15 is 0 Å². The van der Waals surface area contributed by atoms with E-state index in [1.165, 1.54) is 12.1 Å². The van der Waals surface area contributed by atoms with Crippen LogP contribution in [0.1, 0.15) is 0 Å². The number of hydrogen-bond donors (Lipinski definition) is 1. The molecular formula is C15H13ClN2O4S. The van der Waals surface area contributed by atoms with E-state index in [1.54, 1.807) is 36.4 Å². The fourth-order valence-corrected chi connectivity index (χ4v) is 4.11. The van der Waals surface area contributed by atoms with E-state index in [4.69, 9.17) is 22.1 Å². The monoisotopic (exact) mass is 352 g/mol. The summed E-state index contributed by atoms with van der Waals surface area (Å²) >= 11 is 5.89. The third kappa shape index (κ3) is 2.85. The van der Waals surface area contributed by atoms with Gasteiger partial charge in [-0.25, -0.2) is 8.42 Å². The lowest BCUT2D eigenvalue weighted by molar-refractivity contribution is -0.124. The van der Waals surface area contributed by atoms with Gasteiger partial charge in [0.2, 0.25) is 0 Å². The topological polar surface area (TPSA) is 89.7 Å². The quantitative estimate of drug-likeness (QED) is 0.911. The van der Waals surface area contributed by atoms with Crippen LogP contribution in [0.3, 0.4) is 0 Å². The van der Waals surface area contributed by atoms with E-state index in [9.17, 15) is 13.2 Å². The molecule has 2 aromatic carbocycles. The first kappa shape index (κ1) is 15.6. The summed E-state index contributed by atoms with van der Waals surface area (Å²) in [6, 6.07) is 12.5. The minimum atomic E-state index is -3.90. The molecule has 0 spiro atoms. The Labute approximate surface area is 138 Å². The zero-order chi connectivity index (χ0) is 16.6. The lowest BCUT2D eigenvalue weighted by Crippen LogP contribution is -2.49. The summed E-state index contributed by atoms with van der Waals surface area (Å²) in [6.07, 6.45) is -1.06. The predicted octanol–water partition coefficient (Wildman–Crippen LogP) is 1.78. The number of carbonyl (C=O) groups excluding carboxylic acids is 1. The summed E-state index contributed by atoms with van der Waals surface area (Å²) in [5.74, 6) is -0.445. The van der Waals surface area contributed by atoms with Gasteiger partial charge in [-0.3, -0.25) is 9.10 Å². The minimum absolute atomic E-state index is 0.0323. The maximum absolute atomic E-state index is 12.9. The van der Waals surface area contributed by atoms with Crippen LogP contribution in [0.25, 0.3) is 0 Å². The number of sulfonamides is 1. The zero-order valence-corrected chi connectivity index (χ0v) is 13.4. The molecule has 1 aliphatic heterocycles. The van der Waals surface area contributed by atoms with Crippen molar-refractivity contribution in [2.24, 2.45) is 5.73 Å². The Morgan fingerprint density at radius 2 is 1.96 bits per heavy atom. The molecule has 1 atom stereocenters. The molecule has 0 bridgehead atoms. The highest BCUT2D eigenvalue weighted by molar-refractivity contribution is 7.92. The van der Waals surface area contributed by atoms with Crippen molar-refractivity contribution in [2.75, 3.05) is 10.8 Å². The molecule has 1 aliphatic rings. The molecule has 0 unspecified atom stereocenters. The lowest BCUT2D eigenvalue weighted by atomic mass is 10.2. The third-order valence-corrected chi connectivity index (χ3v) is 5.45. The van der Waals surface area contributed by atoms with Gasteiger partial charge in [-0.15, -0.1) is 0 Å². The van der Waals surface area contributed by atoms with Crippen molar-refractivity contribution in [3.05, 3.63) is 53.6 Å². The van der Waals surface area contributed by atoms with Gasteiger partial charge in [0.25, 0.3) is 15.9 Å². The van der Waals surface area contributed by atoms with Crippen molar-refractivity contribution in [3.8, 4) is 5.75 Å². The molecule has 6 nitrogen and oxygen atoms in total. The highest BCUT2D eigenvalue weighted by atomic mass is 35.5. The molecule has 0 aromatic heterocycles. The number of nitrogens with zero attached hydrogens (tertiary/aromatic N) is 1. The molecular weight excluding hydrogens is 340 g/mol. The summed E-state index contributed by atoms with van der Waals surface area (Å²) in [6.45, 7) is -0.193. The number of amides is 1. The van der Waals surface area contributed by atoms with Gasteiger partial charge in [-0.05, 0) is 30.3 Å². The third-order valence-electron chi connectivity index (χ3n) is 3.44. The highest BCUT2D eigenvalue weighted by Crippen LogP contribution is 2.36. The van der Waals surface area contributed by atoms with Crippen LogP contribution in [-0.2, 0) is 14.8 Å². The summed E-state index contributed by atoms with van der Waals surface area (Å²) in [5, 5.41) is 0.305. The van der Waals surface area contributed by atoms with Gasteiger partial charge < -0.3 is 10.5 Å². The van der Waals surface area contributed by atoms with Crippen molar-refractivity contribution < 1.29 is 17.9 Å². The smallest absolute Gasteiger partial charge is 0.264 e. The van der Waals surface area contributed by atoms with Gasteiger partial charge in [0, 0.05) is 5.02 Å². The molecule has 3 rings (SSSR count). The Morgan fingerprint density at radius 1 is 1.22 bits per heavy atom. The summed E-state index contributed by atoms with van der Waals surface area (Å²) in [7, 11) is -3.90. The number of primary amides is 1. The number of nitrogens with two attached hydrogens (primary N) is 1. The van der Waals surface area contributed by atoms with Crippen molar-refractivity contribution >= 4 is 33.2 Å². The Balaban J connectivity index is 2.12. The highest BCUT2D eigenvalue weighted by Gasteiger charge is 2.36. The van der Waals surface area contributed by atoms with Crippen molar-refractivity contribution in [3.63, 3.8) is 0 Å². The molecule has 2 aromatic rings. The average molecular weight is 353 g/mol. The SMILES string of the molecule is NC(=O)[C@H]1CN(S(=O)(=O)c2cccc(Cl)c2)c2ccccc2O1. The fourth-order valence-electron chi connectivity index (χ4n) is 2.33. The Bertz CT molecular complexity index is 869. The second-order valence-corrected chi connectivity index (χ2v) is 7.27. The molecule has 120 valence electrons. The average Bonchev–Trinajstić information content (AvgIpc) is 2.53. The van der Waals surface area contributed by atoms with Crippen LogP contribution in [0.5, 0.6) is 5.75 Å². The number of rotatable bonds is 3. The van der Waals surface area contributed by atoms with Crippen LogP contribution in [0.2, 0.25) is 5.02 Å². The van der Waals surface area contributed by atoms with E-state index in [0.717, 1.165) is 4.31 Å². The van der Waals surface area contributed by atoms with Crippen molar-refractivity contribution in [1.82, 2.24) is 0 Å². The molecule has 0 fully saturated rings. The van der Waals surface area contributed by atoms with E-state index in [-0.39, 0.29) is 17.2 Å². The number of carbonyl (C=O) groups is 1. The van der Waals surface area contributed by atoms with Crippen molar-refractivity contribution in [1.29, 1.82) is 0 Å². The second kappa shape index (κ2) is 5.75. The fraction of sp³-hybridized carbons (Fsp3) is 0.133. The Morgan fingerprint density at radius 3 is 2.65 bits per heavy atom. The van der Waals surface area contributed by atoms with Crippen LogP contribution >= 0.6 is 11.6 Å². The Hall–Kier alpha value is -2.25. The number of hydrogen-bond acceptors (Lipinski definition) is 4. The van der Waals surface area contributed by atoms with E-state index in [0.29, 0.717) is 10.7 Å². The first-order valence-corrected chi connectivity index (χ1v) is 8.55. The Kier molecular flexibility index (Phi) is 3.91. The first-order chi connectivity index (χ1) is 10.9. The largest absolute Gasteiger partial charge is 0.476 e. The van der Waals surface area contributed by atoms with Gasteiger partial charge in [0.1, 0.15) is 5.75 Å². The summed E-state index contributed by atoms with van der Waals surface area (Å²) < 4.78 is 32.4. The molecule has 1 amide bonds. The van der Waals surface area contributed by atoms with Gasteiger partial charge >= 0.3 is 0 Å². The van der Waals surface area contributed by atoms with Crippen LogP contribution in [0.4, 0.5) is 5.69 Å². The summed E-state index contributed by atoms with van der Waals surface area (Å²) in [5.41, 5.74) is 5.64. The molecule has 23 heavy (non-hydrogen) atoms. The number of para-hydroxylation sites is 2. The molecule has 1 heterocycles.